The van der Waals surface area contributed by atoms with Gasteiger partial charge >= 0.3 is 0 Å². The zero-order chi connectivity index (χ0) is 24.3. The van der Waals surface area contributed by atoms with Crippen molar-refractivity contribution >= 4 is 20.7 Å². The van der Waals surface area contributed by atoms with Crippen LogP contribution in [0.4, 0.5) is 8.78 Å². The average molecular weight is 463 g/mol. The second kappa shape index (κ2) is 13.4. The van der Waals surface area contributed by atoms with Crippen LogP contribution < -0.4 is 0 Å². The lowest BCUT2D eigenvalue weighted by molar-refractivity contribution is 0.0968. The van der Waals surface area contributed by atoms with E-state index in [2.05, 4.69) is 36.5 Å². The molecule has 0 N–H and O–H groups in total. The van der Waals surface area contributed by atoms with Gasteiger partial charge in [0.2, 0.25) is 0 Å². The summed E-state index contributed by atoms with van der Waals surface area (Å²) in [5, 5.41) is 6.64. The molecule has 7 heteroatoms. The monoisotopic (exact) mass is 462 g/mol. The number of hydrogen-bond donors (Lipinski definition) is 0. The van der Waals surface area contributed by atoms with Gasteiger partial charge in [-0.2, -0.15) is 5.10 Å². The Bertz CT molecular complexity index is 895. The molecule has 32 heavy (non-hydrogen) atoms. The summed E-state index contributed by atoms with van der Waals surface area (Å²) in [7, 11) is 1.58. The second-order valence-corrected chi connectivity index (χ2v) is 8.93. The Morgan fingerprint density at radius 1 is 1.19 bits per heavy atom. The first-order valence-corrected chi connectivity index (χ1v) is 11.5. The van der Waals surface area contributed by atoms with Crippen molar-refractivity contribution in [1.29, 1.82) is 0 Å². The summed E-state index contributed by atoms with van der Waals surface area (Å²) in [6.07, 6.45) is 9.26. The minimum Gasteiger partial charge on any atom is -0.266 e. The molecule has 1 heterocycles. The number of rotatable bonds is 12. The van der Waals surface area contributed by atoms with Crippen LogP contribution in [0.5, 0.6) is 0 Å². The topological polar surface area (TPSA) is 40.9 Å². The fourth-order valence-corrected chi connectivity index (χ4v) is 2.83. The molecule has 1 atom stereocenters. The lowest BCUT2D eigenvalue weighted by atomic mass is 10.1. The summed E-state index contributed by atoms with van der Waals surface area (Å²) >= 11 is 0. The molecule has 0 aliphatic rings. The molecule has 0 aliphatic heterocycles. The molecule has 0 saturated heterocycles. The lowest BCUT2D eigenvalue weighted by Crippen LogP contribution is -2.17. The summed E-state index contributed by atoms with van der Waals surface area (Å²) in [5.41, 5.74) is 3.71. The summed E-state index contributed by atoms with van der Waals surface area (Å²) in [6.45, 7) is 16.5. The molecule has 0 radical (unpaired) electrons. The summed E-state index contributed by atoms with van der Waals surface area (Å²) in [4.78, 5) is 8.75. The molecule has 1 unspecified atom stereocenters. The van der Waals surface area contributed by atoms with E-state index in [9.17, 15) is 8.78 Å². The van der Waals surface area contributed by atoms with E-state index >= 15 is 0 Å². The minimum atomic E-state index is -2.77. The van der Waals surface area contributed by atoms with Crippen LogP contribution in [-0.4, -0.2) is 27.1 Å². The van der Waals surface area contributed by atoms with E-state index in [-0.39, 0.29) is 12.8 Å². The molecule has 0 saturated carbocycles. The number of nitrogens with zero attached hydrogens (tertiary/aromatic N) is 4. The number of pyridine rings is 1. The summed E-state index contributed by atoms with van der Waals surface area (Å²) < 4.78 is 26.2. The zero-order valence-corrected chi connectivity index (χ0v) is 21.4. The molecule has 0 fully saturated rings. The Morgan fingerprint density at radius 3 is 2.41 bits per heavy atom. The third-order valence-electron chi connectivity index (χ3n) is 4.92. The van der Waals surface area contributed by atoms with Crippen molar-refractivity contribution in [2.45, 2.75) is 79.4 Å². The van der Waals surface area contributed by atoms with Crippen LogP contribution >= 0.6 is 9.24 Å². The number of hydrogen-bond acceptors (Lipinski definition) is 4. The maximum absolute atomic E-state index is 13.1. The molecule has 0 spiro atoms. The molecule has 0 amide bonds. The molecule has 1 rings (SSSR count). The predicted molar refractivity (Wildman–Crippen MR) is 136 cm³/mol. The molecule has 0 bridgehead atoms. The first-order chi connectivity index (χ1) is 14.9. The number of alkyl halides is 2. The standard InChI is InChI=1S/C25H37F2N4P/c1-8-19(5)12-24(16-29-20(6)10-11-25(26,27)32)21(7)30-31(18(3)4)17-23-13-22(9-2)14-28-15-23/h12-16H,3,8-11,17,32H2,1-2,4-7H3/b19-12+,24-16+,29-20+,30-21+. The minimum absolute atomic E-state index is 0.228. The lowest BCUT2D eigenvalue weighted by Gasteiger charge is -2.20. The highest BCUT2D eigenvalue weighted by atomic mass is 31.0. The fraction of sp³-hybridized carbons (Fsp3) is 0.480. The van der Waals surface area contributed by atoms with Gasteiger partial charge in [0, 0.05) is 42.0 Å². The van der Waals surface area contributed by atoms with Crippen molar-refractivity contribution in [1.82, 2.24) is 9.99 Å². The highest BCUT2D eigenvalue weighted by Crippen LogP contribution is 2.27. The largest absolute Gasteiger partial charge is 0.266 e. The van der Waals surface area contributed by atoms with Crippen molar-refractivity contribution in [2.75, 3.05) is 0 Å². The summed E-state index contributed by atoms with van der Waals surface area (Å²) in [6, 6.07) is 2.13. The van der Waals surface area contributed by atoms with Gasteiger partial charge in [-0.25, -0.2) is 8.78 Å². The van der Waals surface area contributed by atoms with Crippen molar-refractivity contribution < 1.29 is 8.78 Å². The predicted octanol–water partition coefficient (Wildman–Crippen LogP) is 7.30. The van der Waals surface area contributed by atoms with Gasteiger partial charge in [-0.3, -0.25) is 15.0 Å². The van der Waals surface area contributed by atoms with E-state index in [1.165, 1.54) is 11.1 Å². The molecule has 0 aliphatic carbocycles. The SMILES string of the molecule is C=C(C)N(Cc1cncc(CC)c1)/N=C(C)/C(/C=C(\C)CC)=C/N=C(\C)CCC(F)(F)P. The van der Waals surface area contributed by atoms with Crippen molar-refractivity contribution in [3.63, 3.8) is 0 Å². The van der Waals surface area contributed by atoms with Gasteiger partial charge in [-0.05, 0) is 58.1 Å². The highest BCUT2D eigenvalue weighted by molar-refractivity contribution is 7.18. The Hall–Kier alpha value is -2.20. The Kier molecular flexibility index (Phi) is 11.6. The van der Waals surface area contributed by atoms with E-state index in [1.807, 2.05) is 44.2 Å². The van der Waals surface area contributed by atoms with Crippen LogP contribution in [0.3, 0.4) is 0 Å². The van der Waals surface area contributed by atoms with Gasteiger partial charge < -0.3 is 0 Å². The van der Waals surface area contributed by atoms with E-state index in [4.69, 9.17) is 5.10 Å². The third-order valence-corrected chi connectivity index (χ3v) is 5.21. The summed E-state index contributed by atoms with van der Waals surface area (Å²) in [5.74, 6) is 0. The van der Waals surface area contributed by atoms with Crippen LogP contribution in [0, 0.1) is 0 Å². The normalized spacial score (nSPS) is 14.0. The molecule has 1 aromatic rings. The number of aromatic nitrogens is 1. The third kappa shape index (κ3) is 10.9. The van der Waals surface area contributed by atoms with Crippen LogP contribution in [0.15, 0.2) is 64.3 Å². The van der Waals surface area contributed by atoms with Crippen LogP contribution in [-0.2, 0) is 13.0 Å². The smallest absolute Gasteiger partial charge is 0.259 e. The number of halogens is 2. The van der Waals surface area contributed by atoms with Crippen molar-refractivity contribution in [3.8, 4) is 0 Å². The second-order valence-electron chi connectivity index (χ2n) is 8.09. The maximum atomic E-state index is 13.1. The molecule has 176 valence electrons. The van der Waals surface area contributed by atoms with E-state index in [0.717, 1.165) is 35.4 Å². The molecular weight excluding hydrogens is 425 g/mol. The molecule has 4 nitrogen and oxygen atoms in total. The number of aryl methyl sites for hydroxylation is 1. The average Bonchev–Trinajstić information content (AvgIpc) is 2.73. The maximum Gasteiger partial charge on any atom is 0.259 e. The number of aliphatic imine (C=N–C) groups is 1. The highest BCUT2D eigenvalue weighted by Gasteiger charge is 2.20. The van der Waals surface area contributed by atoms with Gasteiger partial charge in [0.25, 0.3) is 5.66 Å². The van der Waals surface area contributed by atoms with Crippen molar-refractivity contribution in [3.05, 3.63) is 65.3 Å². The Morgan fingerprint density at radius 2 is 1.84 bits per heavy atom. The Balaban J connectivity index is 3.21. The van der Waals surface area contributed by atoms with Gasteiger partial charge in [-0.1, -0.05) is 47.4 Å². The van der Waals surface area contributed by atoms with Crippen LogP contribution in [0.1, 0.15) is 71.9 Å². The van der Waals surface area contributed by atoms with Gasteiger partial charge in [0.05, 0.1) is 12.3 Å². The molecular formula is C25H37F2N4P. The number of hydrazone groups is 1. The van der Waals surface area contributed by atoms with E-state index < -0.39 is 5.66 Å². The molecule has 1 aromatic heterocycles. The van der Waals surface area contributed by atoms with Crippen LogP contribution in [0.2, 0.25) is 0 Å². The first-order valence-electron chi connectivity index (χ1n) is 10.9. The van der Waals surface area contributed by atoms with E-state index in [1.54, 1.807) is 22.4 Å². The van der Waals surface area contributed by atoms with Gasteiger partial charge in [-0.15, -0.1) is 0 Å². The quantitative estimate of drug-likeness (QED) is 0.141. The van der Waals surface area contributed by atoms with Gasteiger partial charge in [0.15, 0.2) is 0 Å². The van der Waals surface area contributed by atoms with Gasteiger partial charge in [0.1, 0.15) is 0 Å². The zero-order valence-electron chi connectivity index (χ0n) is 20.3. The van der Waals surface area contributed by atoms with Crippen molar-refractivity contribution in [2.24, 2.45) is 10.1 Å². The Labute approximate surface area is 194 Å². The van der Waals surface area contributed by atoms with Crippen LogP contribution in [0.25, 0.3) is 0 Å². The number of allylic oxidation sites excluding steroid dienone is 4. The van der Waals surface area contributed by atoms with E-state index in [0.29, 0.717) is 12.3 Å². The first kappa shape index (κ1) is 27.8. The fourth-order valence-electron chi connectivity index (χ4n) is 2.68. The molecule has 0 aromatic carbocycles.